The molecule has 1 N–H and O–H groups in total. The summed E-state index contributed by atoms with van der Waals surface area (Å²) in [7, 11) is 1.42. The number of hydrogen-bond donors (Lipinski definition) is 1. The molecule has 1 aromatic rings. The molecule has 0 saturated carbocycles. The van der Waals surface area contributed by atoms with Crippen LogP contribution in [-0.4, -0.2) is 34.4 Å². The fourth-order valence-electron chi connectivity index (χ4n) is 2.91. The molecule has 0 saturated heterocycles. The van der Waals surface area contributed by atoms with E-state index in [0.717, 1.165) is 12.2 Å². The summed E-state index contributed by atoms with van der Waals surface area (Å²) in [4.78, 5) is 5.30. The molecular weight excluding hydrogens is 404 g/mol. The van der Waals surface area contributed by atoms with Crippen LogP contribution in [0.5, 0.6) is 0 Å². The molecule has 9 heteroatoms. The fourth-order valence-corrected chi connectivity index (χ4v) is 3.43. The number of alkyl halides is 3. The summed E-state index contributed by atoms with van der Waals surface area (Å²) in [6.07, 6.45) is 3.71. The van der Waals surface area contributed by atoms with E-state index in [0.29, 0.717) is 17.0 Å². The zero-order valence-corrected chi connectivity index (χ0v) is 15.6. The molecule has 27 heavy (non-hydrogen) atoms. The van der Waals surface area contributed by atoms with Gasteiger partial charge >= 0.3 is 6.18 Å². The second-order valence-corrected chi connectivity index (χ2v) is 6.78. The first-order valence-corrected chi connectivity index (χ1v) is 8.66. The predicted molar refractivity (Wildman–Crippen MR) is 95.7 cm³/mol. The van der Waals surface area contributed by atoms with Crippen LogP contribution < -0.4 is 0 Å². The molecule has 2 aliphatic heterocycles. The maximum absolute atomic E-state index is 13.2. The average Bonchev–Trinajstić information content (AvgIpc) is 2.62. The van der Waals surface area contributed by atoms with Crippen LogP contribution in [0.25, 0.3) is 0 Å². The van der Waals surface area contributed by atoms with Gasteiger partial charge in [-0.15, -0.1) is 0 Å². The Hall–Kier alpha value is -1.96. The molecular formula is C18H15Cl2F3N2O2. The maximum atomic E-state index is 13.2. The van der Waals surface area contributed by atoms with Crippen LogP contribution in [0.3, 0.4) is 0 Å². The van der Waals surface area contributed by atoms with Crippen molar-refractivity contribution in [2.45, 2.75) is 18.7 Å². The first-order chi connectivity index (χ1) is 12.7. The fraction of sp³-hybridized carbons (Fsp3) is 0.278. The Morgan fingerprint density at radius 2 is 1.93 bits per heavy atom. The topological polar surface area (TPSA) is 45.6 Å². The Morgan fingerprint density at radius 3 is 2.52 bits per heavy atom. The summed E-state index contributed by atoms with van der Waals surface area (Å²) in [5, 5.41) is 11.3. The van der Waals surface area contributed by atoms with E-state index >= 15 is 0 Å². The molecule has 2 atom stereocenters. The van der Waals surface area contributed by atoms with Gasteiger partial charge in [-0.3, -0.25) is 9.88 Å². The Labute approximate surface area is 163 Å². The highest BCUT2D eigenvalue weighted by molar-refractivity contribution is 6.35. The number of fused-ring (bicyclic) bond motifs is 1. The van der Waals surface area contributed by atoms with Crippen molar-refractivity contribution < 1.29 is 23.0 Å². The van der Waals surface area contributed by atoms with Gasteiger partial charge in [0, 0.05) is 30.6 Å². The molecule has 3 rings (SSSR count). The third-order valence-corrected chi connectivity index (χ3v) is 4.93. The number of aliphatic hydroxyl groups excluding tert-OH is 1. The van der Waals surface area contributed by atoms with Gasteiger partial charge in [-0.2, -0.15) is 13.2 Å². The summed E-state index contributed by atoms with van der Waals surface area (Å²) in [6, 6.07) is 0. The van der Waals surface area contributed by atoms with Crippen molar-refractivity contribution in [1.29, 1.82) is 0 Å². The number of aromatic nitrogens is 1. The van der Waals surface area contributed by atoms with Crippen molar-refractivity contribution in [3.63, 3.8) is 0 Å². The van der Waals surface area contributed by atoms with Gasteiger partial charge in [-0.25, -0.2) is 0 Å². The molecule has 4 nitrogen and oxygen atoms in total. The van der Waals surface area contributed by atoms with Gasteiger partial charge in [0.05, 0.1) is 34.9 Å². The molecule has 0 aromatic carbocycles. The van der Waals surface area contributed by atoms with Gasteiger partial charge < -0.3 is 9.84 Å². The molecule has 1 aromatic heterocycles. The van der Waals surface area contributed by atoms with Crippen molar-refractivity contribution in [2.75, 3.05) is 7.11 Å². The van der Waals surface area contributed by atoms with Crippen LogP contribution in [0.4, 0.5) is 13.2 Å². The first kappa shape index (κ1) is 19.8. The molecule has 3 heterocycles. The van der Waals surface area contributed by atoms with Crippen LogP contribution in [0.2, 0.25) is 10.0 Å². The number of aliphatic hydroxyl groups is 1. The molecule has 0 spiro atoms. The van der Waals surface area contributed by atoms with Crippen LogP contribution in [-0.2, 0) is 11.2 Å². The van der Waals surface area contributed by atoms with Gasteiger partial charge in [-0.1, -0.05) is 29.3 Å². The lowest BCUT2D eigenvalue weighted by Crippen LogP contribution is -2.32. The van der Waals surface area contributed by atoms with E-state index in [9.17, 15) is 18.3 Å². The maximum Gasteiger partial charge on any atom is 0.398 e. The van der Waals surface area contributed by atoms with Gasteiger partial charge in [-0.05, 0) is 23.8 Å². The minimum absolute atomic E-state index is 0.0216. The number of ether oxygens (including phenoxy) is 1. The number of halogens is 5. The normalized spacial score (nSPS) is 20.5. The molecule has 0 bridgehead atoms. The third-order valence-electron chi connectivity index (χ3n) is 4.27. The number of hydrogen-bond acceptors (Lipinski definition) is 4. The predicted octanol–water partition coefficient (Wildman–Crippen LogP) is 4.61. The molecule has 0 aliphatic carbocycles. The van der Waals surface area contributed by atoms with Crippen molar-refractivity contribution in [3.05, 3.63) is 75.7 Å². The van der Waals surface area contributed by atoms with Crippen molar-refractivity contribution in [1.82, 2.24) is 9.88 Å². The molecule has 0 fully saturated rings. The summed E-state index contributed by atoms with van der Waals surface area (Å²) in [5.74, 6) is -1.42. The Morgan fingerprint density at radius 1 is 1.26 bits per heavy atom. The molecule has 0 radical (unpaired) electrons. The summed E-state index contributed by atoms with van der Waals surface area (Å²) in [5.41, 5.74) is 0.973. The quantitative estimate of drug-likeness (QED) is 0.775. The monoisotopic (exact) mass is 418 g/mol. The molecule has 0 amide bonds. The lowest BCUT2D eigenvalue weighted by atomic mass is 9.92. The Bertz CT molecular complexity index is 842. The van der Waals surface area contributed by atoms with Gasteiger partial charge in [0.2, 0.25) is 0 Å². The van der Waals surface area contributed by atoms with Crippen LogP contribution in [0, 0.1) is 5.92 Å². The van der Waals surface area contributed by atoms with E-state index in [-0.39, 0.29) is 22.2 Å². The second kappa shape index (κ2) is 7.58. The minimum Gasteiger partial charge on any atom is -0.482 e. The molecule has 2 aliphatic rings. The lowest BCUT2D eigenvalue weighted by molar-refractivity contribution is -0.149. The van der Waals surface area contributed by atoms with E-state index < -0.39 is 18.2 Å². The standard InChI is InChI=1S/C18H15Cl2F3N2O2/c1-27-17-3-2-11(15-6-10(18(21,22)23)4-5-25(15)17)16(26)7-12-13(19)8-24-9-14(12)20/h2-6,8-10,16,26H,7H2,1H3. The van der Waals surface area contributed by atoms with Crippen LogP contribution in [0.1, 0.15) is 5.56 Å². The first-order valence-electron chi connectivity index (χ1n) is 7.90. The number of methoxy groups -OCH3 is 1. The van der Waals surface area contributed by atoms with Crippen molar-refractivity contribution in [2.24, 2.45) is 5.92 Å². The smallest absolute Gasteiger partial charge is 0.398 e. The van der Waals surface area contributed by atoms with E-state index in [1.165, 1.54) is 36.7 Å². The summed E-state index contributed by atoms with van der Waals surface area (Å²) < 4.78 is 44.7. The van der Waals surface area contributed by atoms with Crippen LogP contribution >= 0.6 is 23.2 Å². The van der Waals surface area contributed by atoms with Crippen LogP contribution in [0.15, 0.2) is 60.1 Å². The van der Waals surface area contributed by atoms with Crippen molar-refractivity contribution in [3.8, 4) is 0 Å². The van der Waals surface area contributed by atoms with E-state index in [4.69, 9.17) is 27.9 Å². The molecule has 144 valence electrons. The SMILES string of the molecule is COC1=CC=C(C(O)Cc2c(Cl)cncc2Cl)C2=CC(C(F)(F)F)C=CN12. The Kier molecular flexibility index (Phi) is 5.55. The lowest BCUT2D eigenvalue weighted by Gasteiger charge is -2.35. The zero-order valence-electron chi connectivity index (χ0n) is 14.0. The average molecular weight is 419 g/mol. The highest BCUT2D eigenvalue weighted by Gasteiger charge is 2.40. The summed E-state index contributed by atoms with van der Waals surface area (Å²) >= 11 is 12.2. The number of nitrogens with zero attached hydrogens (tertiary/aromatic N) is 2. The highest BCUT2D eigenvalue weighted by Crippen LogP contribution is 2.39. The second-order valence-electron chi connectivity index (χ2n) is 5.96. The zero-order chi connectivity index (χ0) is 19.8. The van der Waals surface area contributed by atoms with Gasteiger partial charge in [0.25, 0.3) is 0 Å². The van der Waals surface area contributed by atoms with Crippen molar-refractivity contribution >= 4 is 23.2 Å². The van der Waals surface area contributed by atoms with E-state index in [1.807, 2.05) is 0 Å². The third kappa shape index (κ3) is 4.00. The highest BCUT2D eigenvalue weighted by atomic mass is 35.5. The van der Waals surface area contributed by atoms with E-state index in [1.54, 1.807) is 6.08 Å². The summed E-state index contributed by atoms with van der Waals surface area (Å²) in [6.45, 7) is 0. The Balaban J connectivity index is 1.96. The number of pyridine rings is 1. The number of rotatable bonds is 4. The molecule has 2 unspecified atom stereocenters. The minimum atomic E-state index is -4.43. The van der Waals surface area contributed by atoms with Gasteiger partial charge in [0.15, 0.2) is 5.88 Å². The number of allylic oxidation sites excluding steroid dienone is 4. The van der Waals surface area contributed by atoms with E-state index in [2.05, 4.69) is 4.98 Å². The van der Waals surface area contributed by atoms with Gasteiger partial charge in [0.1, 0.15) is 0 Å². The largest absolute Gasteiger partial charge is 0.482 e.